The van der Waals surface area contributed by atoms with Crippen molar-refractivity contribution in [1.82, 2.24) is 19.9 Å². The predicted octanol–water partition coefficient (Wildman–Crippen LogP) is 0.810. The largest absolute Gasteiger partial charge is 0.325 e. The van der Waals surface area contributed by atoms with Crippen LogP contribution in [-0.4, -0.2) is 51.5 Å². The summed E-state index contributed by atoms with van der Waals surface area (Å²) in [4.78, 5) is 2.39. The summed E-state index contributed by atoms with van der Waals surface area (Å²) in [6, 6.07) is 0.641. The fourth-order valence-electron chi connectivity index (χ4n) is 1.73. The lowest BCUT2D eigenvalue weighted by molar-refractivity contribution is 0.242. The number of hydrogen-bond donors (Lipinski definition) is 1. The lowest BCUT2D eigenvalue weighted by atomic mass is 10.2. The molecule has 0 fully saturated rings. The molecule has 0 saturated carbocycles. The van der Waals surface area contributed by atoms with Crippen LogP contribution in [0.15, 0.2) is 6.20 Å². The van der Waals surface area contributed by atoms with E-state index in [1.807, 2.05) is 22.6 Å². The third-order valence-corrected chi connectivity index (χ3v) is 3.65. The summed E-state index contributed by atoms with van der Waals surface area (Å²) in [6.45, 7) is 4.56. The maximum Gasteiger partial charge on any atom is 0.0962 e. The molecular weight excluding hydrogens is 234 g/mol. The number of rotatable bonds is 8. The van der Waals surface area contributed by atoms with E-state index in [2.05, 4.69) is 35.4 Å². The number of nitrogens with zero attached hydrogens (tertiary/aromatic N) is 4. The lowest BCUT2D eigenvalue weighted by Gasteiger charge is -2.26. The van der Waals surface area contributed by atoms with E-state index in [1.54, 1.807) is 0 Å². The smallest absolute Gasteiger partial charge is 0.0962 e. The Morgan fingerprint density at radius 1 is 1.59 bits per heavy atom. The van der Waals surface area contributed by atoms with Gasteiger partial charge in [0.2, 0.25) is 0 Å². The average Bonchev–Trinajstić information content (AvgIpc) is 2.81. The molecule has 1 rings (SSSR count). The van der Waals surface area contributed by atoms with Gasteiger partial charge in [0.25, 0.3) is 0 Å². The van der Waals surface area contributed by atoms with Gasteiger partial charge in [-0.25, -0.2) is 0 Å². The Bertz CT molecular complexity index is 315. The van der Waals surface area contributed by atoms with Gasteiger partial charge < -0.3 is 10.6 Å². The number of aromatic nitrogens is 3. The molecule has 0 aliphatic rings. The molecule has 1 unspecified atom stereocenters. The average molecular weight is 257 g/mol. The number of nitrogens with two attached hydrogens (primary N) is 1. The molecule has 0 amide bonds. The van der Waals surface area contributed by atoms with Crippen LogP contribution in [-0.2, 0) is 13.1 Å². The Morgan fingerprint density at radius 2 is 2.35 bits per heavy atom. The van der Waals surface area contributed by atoms with E-state index in [-0.39, 0.29) is 0 Å². The molecule has 2 N–H and O–H groups in total. The van der Waals surface area contributed by atoms with Crippen molar-refractivity contribution in [1.29, 1.82) is 0 Å². The van der Waals surface area contributed by atoms with Gasteiger partial charge in [-0.05, 0) is 19.7 Å². The van der Waals surface area contributed by atoms with Crippen LogP contribution >= 0.6 is 11.8 Å². The molecule has 0 aromatic carbocycles. The molecule has 0 radical (unpaired) electrons. The SMILES string of the molecule is CCC(CSC)N(C)CCn1cc(CN)nn1. The minimum absolute atomic E-state index is 0.458. The molecule has 6 heteroatoms. The van der Waals surface area contributed by atoms with Crippen molar-refractivity contribution in [2.75, 3.05) is 25.6 Å². The van der Waals surface area contributed by atoms with E-state index >= 15 is 0 Å². The second-order valence-electron chi connectivity index (χ2n) is 4.18. The van der Waals surface area contributed by atoms with Gasteiger partial charge in [0.05, 0.1) is 12.2 Å². The summed E-state index contributed by atoms with van der Waals surface area (Å²) in [6.07, 6.45) is 5.26. The summed E-state index contributed by atoms with van der Waals surface area (Å²) in [5.41, 5.74) is 6.35. The summed E-state index contributed by atoms with van der Waals surface area (Å²) in [5, 5.41) is 8.02. The summed E-state index contributed by atoms with van der Waals surface area (Å²) < 4.78 is 1.87. The fourth-order valence-corrected chi connectivity index (χ4v) is 2.61. The monoisotopic (exact) mass is 257 g/mol. The summed E-state index contributed by atoms with van der Waals surface area (Å²) in [7, 11) is 2.17. The minimum Gasteiger partial charge on any atom is -0.325 e. The lowest BCUT2D eigenvalue weighted by Crippen LogP contribution is -2.35. The molecule has 0 saturated heterocycles. The van der Waals surface area contributed by atoms with Crippen molar-refractivity contribution >= 4 is 11.8 Å². The molecule has 1 atom stereocenters. The topological polar surface area (TPSA) is 60.0 Å². The van der Waals surface area contributed by atoms with Gasteiger partial charge in [-0.15, -0.1) is 5.10 Å². The van der Waals surface area contributed by atoms with Crippen LogP contribution < -0.4 is 5.73 Å². The van der Waals surface area contributed by atoms with E-state index in [9.17, 15) is 0 Å². The van der Waals surface area contributed by atoms with Crippen LogP contribution in [0.5, 0.6) is 0 Å². The quantitative estimate of drug-likeness (QED) is 0.747. The molecule has 5 nitrogen and oxygen atoms in total. The molecule has 0 bridgehead atoms. The van der Waals surface area contributed by atoms with E-state index in [4.69, 9.17) is 5.73 Å². The van der Waals surface area contributed by atoms with Gasteiger partial charge >= 0.3 is 0 Å². The van der Waals surface area contributed by atoms with Crippen molar-refractivity contribution < 1.29 is 0 Å². The third-order valence-electron chi connectivity index (χ3n) is 2.93. The normalized spacial score (nSPS) is 13.2. The zero-order valence-corrected chi connectivity index (χ0v) is 11.8. The van der Waals surface area contributed by atoms with Crippen LogP contribution in [0.25, 0.3) is 0 Å². The molecule has 0 aliphatic carbocycles. The van der Waals surface area contributed by atoms with Crippen LogP contribution in [0.2, 0.25) is 0 Å². The number of thioether (sulfide) groups is 1. The summed E-state index contributed by atoms with van der Waals surface area (Å²) >= 11 is 1.90. The Morgan fingerprint density at radius 3 is 2.88 bits per heavy atom. The van der Waals surface area contributed by atoms with Crippen molar-refractivity contribution in [3.63, 3.8) is 0 Å². The first-order valence-electron chi connectivity index (χ1n) is 5.99. The number of likely N-dealkylation sites (N-methyl/N-ethyl adjacent to an activating group) is 1. The van der Waals surface area contributed by atoms with Crippen LogP contribution in [0.1, 0.15) is 19.0 Å². The maximum atomic E-state index is 5.50. The van der Waals surface area contributed by atoms with E-state index < -0.39 is 0 Å². The highest BCUT2D eigenvalue weighted by Gasteiger charge is 2.11. The highest BCUT2D eigenvalue weighted by atomic mass is 32.2. The van der Waals surface area contributed by atoms with Gasteiger partial charge in [0.15, 0.2) is 0 Å². The van der Waals surface area contributed by atoms with Gasteiger partial charge in [0, 0.05) is 31.1 Å². The Kier molecular flexibility index (Phi) is 6.54. The first-order valence-corrected chi connectivity index (χ1v) is 7.38. The van der Waals surface area contributed by atoms with Gasteiger partial charge in [-0.2, -0.15) is 11.8 Å². The van der Waals surface area contributed by atoms with Gasteiger partial charge in [-0.1, -0.05) is 12.1 Å². The Labute approximate surface area is 108 Å². The minimum atomic E-state index is 0.458. The van der Waals surface area contributed by atoms with Crippen LogP contribution in [0, 0.1) is 0 Å². The first-order chi connectivity index (χ1) is 8.21. The summed E-state index contributed by atoms with van der Waals surface area (Å²) in [5.74, 6) is 1.18. The molecular formula is C11H23N5S. The first kappa shape index (κ1) is 14.5. The van der Waals surface area contributed by atoms with Crippen molar-refractivity contribution in [3.8, 4) is 0 Å². The predicted molar refractivity (Wildman–Crippen MR) is 73.0 cm³/mol. The van der Waals surface area contributed by atoms with Gasteiger partial charge in [-0.3, -0.25) is 4.68 Å². The number of hydrogen-bond acceptors (Lipinski definition) is 5. The van der Waals surface area contributed by atoms with Crippen molar-refractivity contribution in [2.24, 2.45) is 5.73 Å². The van der Waals surface area contributed by atoms with Crippen molar-refractivity contribution in [2.45, 2.75) is 32.5 Å². The highest BCUT2D eigenvalue weighted by Crippen LogP contribution is 2.08. The molecule has 98 valence electrons. The highest BCUT2D eigenvalue weighted by molar-refractivity contribution is 7.98. The second-order valence-corrected chi connectivity index (χ2v) is 5.09. The van der Waals surface area contributed by atoms with Gasteiger partial charge in [0.1, 0.15) is 0 Å². The fraction of sp³-hybridized carbons (Fsp3) is 0.818. The van der Waals surface area contributed by atoms with Crippen molar-refractivity contribution in [3.05, 3.63) is 11.9 Å². The Hall–Kier alpha value is -0.590. The van der Waals surface area contributed by atoms with E-state index in [0.717, 1.165) is 18.8 Å². The molecule has 1 aromatic rings. The van der Waals surface area contributed by atoms with Crippen LogP contribution in [0.4, 0.5) is 0 Å². The molecule has 1 aromatic heterocycles. The molecule has 0 aliphatic heterocycles. The zero-order chi connectivity index (χ0) is 12.7. The Balaban J connectivity index is 2.38. The zero-order valence-electron chi connectivity index (χ0n) is 11.0. The third kappa shape index (κ3) is 4.65. The maximum absolute atomic E-state index is 5.50. The van der Waals surface area contributed by atoms with E-state index in [0.29, 0.717) is 12.6 Å². The molecule has 17 heavy (non-hydrogen) atoms. The molecule has 0 spiro atoms. The molecule has 1 heterocycles. The van der Waals surface area contributed by atoms with Crippen LogP contribution in [0.3, 0.4) is 0 Å². The standard InChI is InChI=1S/C11H23N5S/c1-4-11(9-17-3)15(2)5-6-16-8-10(7-12)13-14-16/h8,11H,4-7,9,12H2,1-3H3. The van der Waals surface area contributed by atoms with E-state index in [1.165, 1.54) is 12.2 Å². The second kappa shape index (κ2) is 7.68.